The van der Waals surface area contributed by atoms with E-state index in [1.807, 2.05) is 6.92 Å². The van der Waals surface area contributed by atoms with Crippen molar-refractivity contribution >= 4 is 41.4 Å². The number of aromatic carboxylic acids is 1. The second-order valence-electron chi connectivity index (χ2n) is 38.6. The van der Waals surface area contributed by atoms with E-state index in [0.29, 0.717) is 78.3 Å². The molecule has 0 amide bonds. The Morgan fingerprint density at radius 2 is 1.15 bits per heavy atom. The van der Waals surface area contributed by atoms with Gasteiger partial charge < -0.3 is 33.6 Å². The Morgan fingerprint density at radius 1 is 0.617 bits per heavy atom. The molecular formula is C88H115N5O14. The molecule has 0 aliphatic heterocycles. The smallest absolute Gasteiger partial charge is 0.335 e. The molecule has 2 heterocycles. The minimum atomic E-state index is -1.68. The predicted molar refractivity (Wildman–Crippen MR) is 401 cm³/mol. The van der Waals surface area contributed by atoms with E-state index >= 15 is 0 Å². The number of carboxylic acids is 3. The molecule has 0 bridgehead atoms. The summed E-state index contributed by atoms with van der Waals surface area (Å²) in [6.07, 6.45) is 13.1. The second kappa shape index (κ2) is 26.9. The van der Waals surface area contributed by atoms with Gasteiger partial charge in [-0.15, -0.1) is 20.4 Å². The minimum Gasteiger partial charge on any atom is -0.481 e. The summed E-state index contributed by atoms with van der Waals surface area (Å²) >= 11 is 0. The van der Waals surface area contributed by atoms with Crippen LogP contribution in [0.1, 0.15) is 286 Å². The number of Topliss-reactive ketones (excluding diaryl/α,β-unsaturated/α-hetero) is 2. The molecule has 0 radical (unpaired) electrons. The molecule has 9 aliphatic carbocycles. The number of aromatic nitrogens is 4. The molecule has 1 unspecified atom stereocenters. The monoisotopic (exact) mass is 1470 g/mol. The zero-order valence-electron chi connectivity index (χ0n) is 66.4. The highest BCUT2D eigenvalue weighted by Crippen LogP contribution is 2.78. The minimum absolute atomic E-state index is 0.0126. The topological polar surface area (TPSA) is 300 Å². The Bertz CT molecular complexity index is 4400. The summed E-state index contributed by atoms with van der Waals surface area (Å²) in [5.74, 6) is -1.42. The number of nitriles is 1. The molecule has 2 aromatic carbocycles. The number of hydrogen-bond donors (Lipinski definition) is 3. The second-order valence-corrected chi connectivity index (χ2v) is 38.6. The summed E-state index contributed by atoms with van der Waals surface area (Å²) in [5.41, 5.74) is 0.335. The molecule has 576 valence electrons. The van der Waals surface area contributed by atoms with E-state index in [-0.39, 0.29) is 134 Å². The molecule has 17 atom stereocenters. The fourth-order valence-electron chi connectivity index (χ4n) is 25.3. The maximum Gasteiger partial charge on any atom is 0.335 e. The fraction of sp³-hybridized carbons (Fsp3) is 0.682. The number of benzene rings is 2. The van der Waals surface area contributed by atoms with E-state index in [2.05, 4.69) is 101 Å². The molecule has 19 heteroatoms. The van der Waals surface area contributed by atoms with Gasteiger partial charge in [-0.05, 0) is 286 Å². The standard InChI is InChI=1S/C88H115N5O14/c1-18-56(30-33-81(12)50(6)29-35-85(16)62(81)27-25-57-69-67(48(2)3)59(94)43-87(69,39-37-83(57,85)14)74-92-90-71(106-74)51-19-21-52(22-20-51)73(98)99)104-66(97)46-80(11,77(102)103)42-55-41-53(23-24-54(55)47-89)72-91-93-75(107-72)88-40-38-84(15)58(70(88)68(49(4)5)60(95)44-88)26-28-63-82(13)34-32-64(105-65(96)45-78(7,8)76(100)101)79(9,10)61(82)31-36-86(63,84)17/h19-24,41,48-50,56-58,61-64H,18,25-40,42-46H2,1-17H3,(H,98,99)(H,100,101)(H,102,103)/t50-,56-,57-,58-,61+,62-,63-,64+,80?,81+,82+,83-,84-,85-,86-,87-,88-/m1/s1. The third-order valence-corrected chi connectivity index (χ3v) is 31.9. The molecule has 9 aliphatic rings. The van der Waals surface area contributed by atoms with Gasteiger partial charge in [0.25, 0.3) is 0 Å². The zero-order valence-corrected chi connectivity index (χ0v) is 66.4. The third kappa shape index (κ3) is 12.0. The van der Waals surface area contributed by atoms with E-state index in [1.165, 1.54) is 24.6 Å². The van der Waals surface area contributed by atoms with Crippen molar-refractivity contribution in [3.05, 3.63) is 93.2 Å². The SMILES string of the molecule is CC[C@H](CC[C@@]1(C)[C@H](C)CC[C@]2(C)[C@@H]1CC[C@@H]1C3=C(C(C)C)C(=O)C[C@]3(c3nnc(-c4ccc(C(=O)O)cc4)o3)CC[C@]12C)OC(=O)CC(C)(Cc1cc(-c2nnc([C@@]34CC[C@]5(C)[C@H](CC[C@@H]6[C@@]7(C)CC[C@H](OC(=O)CC(C)(C)C(=O)O)C(C)(C)[C@@H]7CC[C@]65C)C3=C(C(C)C)C(=O)C4)o2)ccc1C#N)C(=O)O. The van der Waals surface area contributed by atoms with Crippen LogP contribution in [0, 0.1) is 107 Å². The highest BCUT2D eigenvalue weighted by atomic mass is 16.5. The van der Waals surface area contributed by atoms with Crippen LogP contribution < -0.4 is 0 Å². The van der Waals surface area contributed by atoms with Crippen molar-refractivity contribution in [1.82, 2.24) is 20.4 Å². The van der Waals surface area contributed by atoms with Gasteiger partial charge in [0.05, 0.1) is 51.7 Å². The number of hydrogen-bond acceptors (Lipinski definition) is 16. The lowest BCUT2D eigenvalue weighted by Gasteiger charge is -2.72. The molecule has 7 saturated carbocycles. The summed E-state index contributed by atoms with van der Waals surface area (Å²) in [5, 5.41) is 59.8. The van der Waals surface area contributed by atoms with Crippen LogP contribution in [0.3, 0.4) is 0 Å². The normalized spacial score (nSPS) is 35.1. The number of carbonyl (C=O) groups is 7. The van der Waals surface area contributed by atoms with E-state index in [1.54, 1.807) is 44.2 Å². The van der Waals surface area contributed by atoms with Crippen molar-refractivity contribution in [2.75, 3.05) is 0 Å². The molecule has 0 saturated heterocycles. The van der Waals surface area contributed by atoms with E-state index < -0.39 is 64.0 Å². The molecule has 107 heavy (non-hydrogen) atoms. The number of ether oxygens (including phenoxy) is 2. The number of rotatable bonds is 21. The lowest BCUT2D eigenvalue weighted by Crippen LogP contribution is -2.66. The lowest BCUT2D eigenvalue weighted by molar-refractivity contribution is -0.232. The summed E-state index contributed by atoms with van der Waals surface area (Å²) in [6.45, 7) is 36.8. The summed E-state index contributed by atoms with van der Waals surface area (Å²) in [6, 6.07) is 13.7. The fourth-order valence-corrected chi connectivity index (χ4v) is 25.3. The van der Waals surface area contributed by atoms with E-state index in [4.69, 9.17) is 33.6 Å². The van der Waals surface area contributed by atoms with Crippen LogP contribution >= 0.6 is 0 Å². The van der Waals surface area contributed by atoms with Crippen LogP contribution in [0.2, 0.25) is 0 Å². The van der Waals surface area contributed by atoms with Crippen LogP contribution in [-0.2, 0) is 55.5 Å². The third-order valence-electron chi connectivity index (χ3n) is 31.9. The number of allylic oxidation sites excluding steroid dienone is 4. The lowest BCUT2D eigenvalue weighted by atomic mass is 9.33. The number of esters is 2. The zero-order chi connectivity index (χ0) is 77.7. The number of nitrogens with zero attached hydrogens (tertiary/aromatic N) is 5. The van der Waals surface area contributed by atoms with Crippen molar-refractivity contribution in [2.45, 2.75) is 282 Å². The Kier molecular flexibility index (Phi) is 19.5. The van der Waals surface area contributed by atoms with Gasteiger partial charge >= 0.3 is 29.8 Å². The quantitative estimate of drug-likeness (QED) is 0.0653. The van der Waals surface area contributed by atoms with E-state index in [9.17, 15) is 54.1 Å². The average molecular weight is 1470 g/mol. The van der Waals surface area contributed by atoms with Crippen molar-refractivity contribution in [2.24, 2.45) is 96.1 Å². The highest BCUT2D eigenvalue weighted by molar-refractivity contribution is 6.02. The molecule has 19 nitrogen and oxygen atoms in total. The maximum absolute atomic E-state index is 14.8. The number of ketones is 2. The molecule has 0 spiro atoms. The molecule has 2 aromatic heterocycles. The summed E-state index contributed by atoms with van der Waals surface area (Å²) in [7, 11) is 0. The predicted octanol–water partition coefficient (Wildman–Crippen LogP) is 18.3. The molecule has 4 aromatic rings. The van der Waals surface area contributed by atoms with Gasteiger partial charge in [-0.1, -0.05) is 96.9 Å². The van der Waals surface area contributed by atoms with Gasteiger partial charge in [0.2, 0.25) is 23.6 Å². The first-order valence-corrected chi connectivity index (χ1v) is 40.0. The van der Waals surface area contributed by atoms with Crippen LogP contribution in [0.25, 0.3) is 22.9 Å². The molecule has 13 rings (SSSR count). The molecule has 7 fully saturated rings. The number of carboxylic acid groups (broad SMARTS) is 3. The Labute approximate surface area is 631 Å². The number of carbonyl (C=O) groups excluding carboxylic acids is 4. The van der Waals surface area contributed by atoms with Crippen LogP contribution in [0.5, 0.6) is 0 Å². The molecule has 3 N–H and O–H groups in total. The highest BCUT2D eigenvalue weighted by Gasteiger charge is 2.73. The first kappa shape index (κ1) is 77.5. The van der Waals surface area contributed by atoms with Gasteiger partial charge in [0.1, 0.15) is 12.2 Å². The van der Waals surface area contributed by atoms with Crippen LogP contribution in [0.15, 0.2) is 73.6 Å². The van der Waals surface area contributed by atoms with Gasteiger partial charge in [0.15, 0.2) is 11.6 Å². The van der Waals surface area contributed by atoms with Crippen LogP contribution in [-0.4, -0.2) is 89.3 Å². The van der Waals surface area contributed by atoms with Crippen molar-refractivity contribution in [3.63, 3.8) is 0 Å². The number of fused-ring (bicyclic) bond motifs is 12. The first-order chi connectivity index (χ1) is 50.1. The Hall–Kier alpha value is -7.62. The average Bonchev–Trinajstić information content (AvgIpc) is 1.67. The maximum atomic E-state index is 14.8. The van der Waals surface area contributed by atoms with Gasteiger partial charge in [-0.3, -0.25) is 28.8 Å². The number of aliphatic carboxylic acids is 2. The van der Waals surface area contributed by atoms with Gasteiger partial charge in [-0.2, -0.15) is 5.26 Å². The Balaban J connectivity index is 0.696. The first-order valence-electron chi connectivity index (χ1n) is 40.0. The van der Waals surface area contributed by atoms with Gasteiger partial charge in [0, 0.05) is 29.4 Å². The van der Waals surface area contributed by atoms with Gasteiger partial charge in [-0.25, -0.2) is 4.79 Å². The molecular weight excluding hydrogens is 1350 g/mol. The summed E-state index contributed by atoms with van der Waals surface area (Å²) < 4.78 is 26.1. The summed E-state index contributed by atoms with van der Waals surface area (Å²) in [4.78, 5) is 94.4. The van der Waals surface area contributed by atoms with E-state index in [0.717, 1.165) is 93.8 Å². The van der Waals surface area contributed by atoms with Crippen molar-refractivity contribution < 1.29 is 67.2 Å². The Morgan fingerprint density at radius 3 is 1.67 bits per heavy atom. The largest absolute Gasteiger partial charge is 0.481 e. The van der Waals surface area contributed by atoms with Crippen molar-refractivity contribution in [1.29, 1.82) is 5.26 Å². The van der Waals surface area contributed by atoms with Crippen molar-refractivity contribution in [3.8, 4) is 29.0 Å². The van der Waals surface area contributed by atoms with Crippen LogP contribution in [0.4, 0.5) is 0 Å².